The van der Waals surface area contributed by atoms with Crippen LogP contribution in [0.1, 0.15) is 61.4 Å². The molecule has 1 aliphatic rings. The van der Waals surface area contributed by atoms with Gasteiger partial charge in [-0.3, -0.25) is 9.69 Å². The summed E-state index contributed by atoms with van der Waals surface area (Å²) in [6.45, 7) is 5.26. The zero-order valence-corrected chi connectivity index (χ0v) is 19.0. The average Bonchev–Trinajstić information content (AvgIpc) is 2.79. The highest BCUT2D eigenvalue weighted by molar-refractivity contribution is 5.96. The van der Waals surface area contributed by atoms with Crippen molar-refractivity contribution in [3.05, 3.63) is 59.7 Å². The molecule has 1 aliphatic heterocycles. The Morgan fingerprint density at radius 1 is 0.969 bits per heavy atom. The lowest BCUT2D eigenvalue weighted by Crippen LogP contribution is -2.37. The van der Waals surface area contributed by atoms with Crippen LogP contribution in [0.2, 0.25) is 0 Å². The normalized spacial score (nSPS) is 15.8. The number of para-hydroxylation sites is 1. The number of carboxylic acid groups (broad SMARTS) is 1. The maximum Gasteiger partial charge on any atom is 0.335 e. The van der Waals surface area contributed by atoms with Gasteiger partial charge in [-0.05, 0) is 68.2 Å². The Balaban J connectivity index is 1.90. The Bertz CT molecular complexity index is 885. The molecule has 0 aromatic heterocycles. The molecule has 1 amide bonds. The highest BCUT2D eigenvalue weighted by atomic mass is 16.5. The summed E-state index contributed by atoms with van der Waals surface area (Å²) >= 11 is 0. The van der Waals surface area contributed by atoms with Crippen molar-refractivity contribution in [2.24, 2.45) is 0 Å². The third-order valence-corrected chi connectivity index (χ3v) is 5.81. The number of benzene rings is 2. The first-order valence-electron chi connectivity index (χ1n) is 11.6. The van der Waals surface area contributed by atoms with Gasteiger partial charge in [-0.25, -0.2) is 4.79 Å². The van der Waals surface area contributed by atoms with Gasteiger partial charge in [0.2, 0.25) is 0 Å². The molecule has 0 bridgehead atoms. The van der Waals surface area contributed by atoms with Crippen molar-refractivity contribution in [3.63, 3.8) is 0 Å². The molecule has 0 saturated heterocycles. The summed E-state index contributed by atoms with van der Waals surface area (Å²) in [5.41, 5.74) is 1.92. The summed E-state index contributed by atoms with van der Waals surface area (Å²) in [4.78, 5) is 29.0. The van der Waals surface area contributed by atoms with Crippen molar-refractivity contribution in [3.8, 4) is 5.75 Å². The number of ether oxygens (including phenoxy) is 1. The summed E-state index contributed by atoms with van der Waals surface area (Å²) < 4.78 is 5.73. The summed E-state index contributed by atoms with van der Waals surface area (Å²) in [5.74, 6) is -0.408. The average molecular weight is 439 g/mol. The number of hydrogen-bond donors (Lipinski definition) is 1. The van der Waals surface area contributed by atoms with Gasteiger partial charge in [-0.15, -0.1) is 0 Å². The molecule has 32 heavy (non-hydrogen) atoms. The van der Waals surface area contributed by atoms with E-state index in [0.29, 0.717) is 18.8 Å². The summed E-state index contributed by atoms with van der Waals surface area (Å²) in [6, 6.07) is 14.4. The smallest absolute Gasteiger partial charge is 0.335 e. The monoisotopic (exact) mass is 438 g/mol. The van der Waals surface area contributed by atoms with Gasteiger partial charge in [0, 0.05) is 18.8 Å². The highest BCUT2D eigenvalue weighted by Gasteiger charge is 2.22. The van der Waals surface area contributed by atoms with Gasteiger partial charge >= 0.3 is 5.97 Å². The van der Waals surface area contributed by atoms with E-state index in [9.17, 15) is 14.7 Å². The van der Waals surface area contributed by atoms with E-state index in [-0.39, 0.29) is 18.1 Å². The molecule has 0 fully saturated rings. The van der Waals surface area contributed by atoms with E-state index in [2.05, 4.69) is 11.8 Å². The number of rotatable bonds is 6. The minimum Gasteiger partial charge on any atom is -0.484 e. The Labute approximate surface area is 190 Å². The SMILES string of the molecule is CCCN1CCCCCCCN(C(=O)COc2ccccc2)c2ccc(C(=O)O)cc2C1. The van der Waals surface area contributed by atoms with E-state index in [1.165, 1.54) is 6.42 Å². The van der Waals surface area contributed by atoms with Crippen LogP contribution in [-0.2, 0) is 11.3 Å². The van der Waals surface area contributed by atoms with Crippen LogP contribution in [0, 0.1) is 0 Å². The van der Waals surface area contributed by atoms with Gasteiger partial charge in [-0.2, -0.15) is 0 Å². The van der Waals surface area contributed by atoms with Crippen LogP contribution in [-0.4, -0.2) is 48.1 Å². The molecule has 2 aromatic carbocycles. The minimum absolute atomic E-state index is 0.0528. The summed E-state index contributed by atoms with van der Waals surface area (Å²) in [5, 5.41) is 9.54. The maximum absolute atomic E-state index is 13.2. The van der Waals surface area contributed by atoms with E-state index in [1.54, 1.807) is 23.1 Å². The maximum atomic E-state index is 13.2. The number of carbonyl (C=O) groups excluding carboxylic acids is 1. The molecule has 0 unspecified atom stereocenters. The molecular formula is C26H34N2O4. The zero-order valence-electron chi connectivity index (χ0n) is 19.0. The van der Waals surface area contributed by atoms with Crippen molar-refractivity contribution in [1.82, 2.24) is 4.90 Å². The molecule has 3 rings (SSSR count). The van der Waals surface area contributed by atoms with Crippen LogP contribution in [0.25, 0.3) is 0 Å². The molecule has 6 nitrogen and oxygen atoms in total. The fourth-order valence-electron chi connectivity index (χ4n) is 4.19. The predicted molar refractivity (Wildman–Crippen MR) is 126 cm³/mol. The number of amides is 1. The number of nitrogens with zero attached hydrogens (tertiary/aromatic N) is 2. The van der Waals surface area contributed by atoms with Crippen molar-refractivity contribution in [2.75, 3.05) is 31.1 Å². The number of carbonyl (C=O) groups is 2. The molecular weight excluding hydrogens is 404 g/mol. The Hall–Kier alpha value is -2.86. The van der Waals surface area contributed by atoms with E-state index in [1.807, 2.05) is 30.3 Å². The number of hydrogen-bond acceptors (Lipinski definition) is 4. The van der Waals surface area contributed by atoms with Crippen molar-refractivity contribution in [2.45, 2.75) is 52.0 Å². The lowest BCUT2D eigenvalue weighted by molar-refractivity contribution is -0.120. The fraction of sp³-hybridized carbons (Fsp3) is 0.462. The van der Waals surface area contributed by atoms with Gasteiger partial charge in [0.05, 0.1) is 5.56 Å². The molecule has 6 heteroatoms. The zero-order chi connectivity index (χ0) is 22.8. The van der Waals surface area contributed by atoms with E-state index < -0.39 is 5.97 Å². The second-order valence-electron chi connectivity index (χ2n) is 8.34. The predicted octanol–water partition coefficient (Wildman–Crippen LogP) is 4.97. The second kappa shape index (κ2) is 12.2. The molecule has 0 atom stereocenters. The van der Waals surface area contributed by atoms with Gasteiger partial charge < -0.3 is 14.7 Å². The lowest BCUT2D eigenvalue weighted by Gasteiger charge is -2.29. The van der Waals surface area contributed by atoms with E-state index >= 15 is 0 Å². The lowest BCUT2D eigenvalue weighted by atomic mass is 10.0. The first-order valence-corrected chi connectivity index (χ1v) is 11.6. The van der Waals surface area contributed by atoms with Crippen LogP contribution in [0.5, 0.6) is 5.75 Å². The summed E-state index contributed by atoms with van der Waals surface area (Å²) in [7, 11) is 0. The fourth-order valence-corrected chi connectivity index (χ4v) is 4.19. The van der Waals surface area contributed by atoms with Gasteiger partial charge in [0.1, 0.15) is 5.75 Å². The molecule has 0 aliphatic carbocycles. The number of aromatic carboxylic acids is 1. The third-order valence-electron chi connectivity index (χ3n) is 5.81. The molecule has 1 heterocycles. The quantitative estimate of drug-likeness (QED) is 0.689. The molecule has 2 aromatic rings. The highest BCUT2D eigenvalue weighted by Crippen LogP contribution is 2.26. The van der Waals surface area contributed by atoms with Crippen LogP contribution >= 0.6 is 0 Å². The van der Waals surface area contributed by atoms with Crippen LogP contribution in [0.3, 0.4) is 0 Å². The Kier molecular flexibility index (Phi) is 9.11. The first kappa shape index (κ1) is 23.8. The minimum atomic E-state index is -0.953. The van der Waals surface area contributed by atoms with Gasteiger partial charge in [0.15, 0.2) is 6.61 Å². The van der Waals surface area contributed by atoms with E-state index in [0.717, 1.165) is 56.4 Å². The first-order chi connectivity index (χ1) is 15.6. The van der Waals surface area contributed by atoms with Crippen molar-refractivity contribution < 1.29 is 19.4 Å². The number of anilines is 1. The largest absolute Gasteiger partial charge is 0.484 e. The van der Waals surface area contributed by atoms with Gasteiger partial charge in [-0.1, -0.05) is 44.4 Å². The van der Waals surface area contributed by atoms with Gasteiger partial charge in [0.25, 0.3) is 5.91 Å². The standard InChI is InChI=1S/C26H34N2O4/c1-2-15-27-16-9-4-3-5-10-17-28(25(29)20-32-23-11-7-6-8-12-23)24-14-13-21(26(30)31)18-22(24)19-27/h6-8,11-14,18H,2-5,9-10,15-17,19-20H2,1H3,(H,30,31). The molecule has 172 valence electrons. The second-order valence-corrected chi connectivity index (χ2v) is 8.34. The van der Waals surface area contributed by atoms with Crippen molar-refractivity contribution >= 4 is 17.6 Å². The van der Waals surface area contributed by atoms with E-state index in [4.69, 9.17) is 4.74 Å². The Morgan fingerprint density at radius 2 is 1.69 bits per heavy atom. The topological polar surface area (TPSA) is 70.1 Å². The van der Waals surface area contributed by atoms with Crippen LogP contribution in [0.15, 0.2) is 48.5 Å². The van der Waals surface area contributed by atoms with Crippen molar-refractivity contribution in [1.29, 1.82) is 0 Å². The molecule has 0 spiro atoms. The molecule has 1 N–H and O–H groups in total. The number of fused-ring (bicyclic) bond motifs is 1. The van der Waals surface area contributed by atoms with Crippen LogP contribution in [0.4, 0.5) is 5.69 Å². The third kappa shape index (κ3) is 6.82. The number of carboxylic acids is 1. The molecule has 0 radical (unpaired) electrons. The Morgan fingerprint density at radius 3 is 2.41 bits per heavy atom. The van der Waals surface area contributed by atoms with Crippen LogP contribution < -0.4 is 9.64 Å². The molecule has 0 saturated carbocycles. The summed E-state index contributed by atoms with van der Waals surface area (Å²) in [6.07, 6.45) is 6.49.